The van der Waals surface area contributed by atoms with Gasteiger partial charge in [0, 0.05) is 12.7 Å². The van der Waals surface area contributed by atoms with E-state index >= 15 is 0 Å². The third-order valence-electron chi connectivity index (χ3n) is 1.93. The molecule has 0 aliphatic carbocycles. The van der Waals surface area contributed by atoms with E-state index in [1.165, 1.54) is 10.9 Å². The summed E-state index contributed by atoms with van der Waals surface area (Å²) in [5, 5.41) is 18.6. The first-order chi connectivity index (χ1) is 7.97. The number of carbonyl (C=O) groups is 2. The topological polar surface area (TPSA) is 97.1 Å². The van der Waals surface area contributed by atoms with Crippen molar-refractivity contribution in [1.82, 2.24) is 20.3 Å². The highest BCUT2D eigenvalue weighted by atomic mass is 16.4. The van der Waals surface area contributed by atoms with Crippen LogP contribution >= 0.6 is 0 Å². The van der Waals surface area contributed by atoms with Crippen LogP contribution in [-0.4, -0.2) is 38.5 Å². The van der Waals surface area contributed by atoms with Gasteiger partial charge in [0.25, 0.3) is 0 Å². The van der Waals surface area contributed by atoms with Gasteiger partial charge in [-0.2, -0.15) is 0 Å². The third-order valence-corrected chi connectivity index (χ3v) is 1.93. The highest BCUT2D eigenvalue weighted by Crippen LogP contribution is 1.95. The van der Waals surface area contributed by atoms with Gasteiger partial charge in [0.15, 0.2) is 0 Å². The maximum absolute atomic E-state index is 11.4. The number of aromatic nitrogens is 3. The van der Waals surface area contributed by atoms with Crippen molar-refractivity contribution in [2.45, 2.75) is 26.8 Å². The molecular weight excluding hydrogens is 224 g/mol. The first kappa shape index (κ1) is 13.1. The van der Waals surface area contributed by atoms with Crippen molar-refractivity contribution in [3.05, 3.63) is 11.9 Å². The molecule has 0 aromatic carbocycles. The van der Waals surface area contributed by atoms with E-state index in [-0.39, 0.29) is 18.9 Å². The van der Waals surface area contributed by atoms with Crippen LogP contribution < -0.4 is 5.32 Å². The van der Waals surface area contributed by atoms with Gasteiger partial charge < -0.3 is 10.4 Å². The second-order valence-corrected chi connectivity index (χ2v) is 4.18. The Morgan fingerprint density at radius 3 is 2.82 bits per heavy atom. The number of amides is 1. The molecule has 1 aromatic heterocycles. The van der Waals surface area contributed by atoms with Gasteiger partial charge in [-0.25, -0.2) is 4.68 Å². The molecule has 94 valence electrons. The van der Waals surface area contributed by atoms with Crippen LogP contribution in [0.2, 0.25) is 0 Å². The second-order valence-electron chi connectivity index (χ2n) is 4.18. The molecule has 1 rings (SSSR count). The summed E-state index contributed by atoms with van der Waals surface area (Å²) < 4.78 is 1.33. The Hall–Kier alpha value is -1.92. The molecule has 17 heavy (non-hydrogen) atoms. The van der Waals surface area contributed by atoms with Crippen molar-refractivity contribution in [1.29, 1.82) is 0 Å². The summed E-state index contributed by atoms with van der Waals surface area (Å²) >= 11 is 0. The molecule has 0 saturated carbocycles. The molecule has 7 heteroatoms. The summed E-state index contributed by atoms with van der Waals surface area (Å²) in [4.78, 5) is 21.9. The summed E-state index contributed by atoms with van der Waals surface area (Å²) in [5.74, 6) is -0.746. The molecule has 0 spiro atoms. The van der Waals surface area contributed by atoms with Gasteiger partial charge in [-0.1, -0.05) is 19.1 Å². The van der Waals surface area contributed by atoms with Gasteiger partial charge >= 0.3 is 5.97 Å². The maximum atomic E-state index is 11.4. The summed E-state index contributed by atoms with van der Waals surface area (Å²) in [6.07, 6.45) is 1.27. The minimum atomic E-state index is -0.971. The van der Waals surface area contributed by atoms with Gasteiger partial charge in [-0.15, -0.1) is 5.10 Å². The van der Waals surface area contributed by atoms with Crippen LogP contribution in [0.5, 0.6) is 0 Å². The lowest BCUT2D eigenvalue weighted by Crippen LogP contribution is -2.30. The summed E-state index contributed by atoms with van der Waals surface area (Å²) in [5.41, 5.74) is 0.342. The van der Waals surface area contributed by atoms with E-state index in [1.54, 1.807) is 0 Å². The monoisotopic (exact) mass is 240 g/mol. The molecule has 2 N–H and O–H groups in total. The van der Waals surface area contributed by atoms with E-state index in [2.05, 4.69) is 15.6 Å². The Labute approximate surface area is 98.8 Å². The van der Waals surface area contributed by atoms with Gasteiger partial charge in [-0.3, -0.25) is 9.59 Å². The van der Waals surface area contributed by atoms with Crippen LogP contribution in [0, 0.1) is 5.92 Å². The van der Waals surface area contributed by atoms with E-state index in [4.69, 9.17) is 5.11 Å². The first-order valence-corrected chi connectivity index (χ1v) is 5.35. The quantitative estimate of drug-likeness (QED) is 0.710. The van der Waals surface area contributed by atoms with Gasteiger partial charge in [0.1, 0.15) is 6.54 Å². The largest absolute Gasteiger partial charge is 0.481 e. The van der Waals surface area contributed by atoms with Crippen LogP contribution in [0.1, 0.15) is 19.5 Å². The van der Waals surface area contributed by atoms with Crippen molar-refractivity contribution in [3.63, 3.8) is 0 Å². The van der Waals surface area contributed by atoms with E-state index in [0.29, 0.717) is 18.2 Å². The first-order valence-electron chi connectivity index (χ1n) is 5.35. The minimum absolute atomic E-state index is 0.0549. The normalized spacial score (nSPS) is 10.5. The van der Waals surface area contributed by atoms with Gasteiger partial charge in [-0.05, 0) is 5.92 Å². The van der Waals surface area contributed by atoms with Crippen molar-refractivity contribution >= 4 is 11.9 Å². The molecule has 1 aromatic rings. The van der Waals surface area contributed by atoms with Crippen molar-refractivity contribution in [2.75, 3.05) is 6.54 Å². The zero-order chi connectivity index (χ0) is 12.8. The van der Waals surface area contributed by atoms with Gasteiger partial charge in [0.05, 0.1) is 12.1 Å². The predicted octanol–water partition coefficient (Wildman–Crippen LogP) is -0.323. The second kappa shape index (κ2) is 5.97. The number of nitrogens with one attached hydrogen (secondary N) is 1. The molecule has 1 heterocycles. The number of nitrogens with zero attached hydrogens (tertiary/aromatic N) is 3. The van der Waals surface area contributed by atoms with Crippen LogP contribution in [0.3, 0.4) is 0 Å². The Kier molecular flexibility index (Phi) is 4.62. The number of carboxylic acids is 1. The number of carboxylic acid groups (broad SMARTS) is 1. The minimum Gasteiger partial charge on any atom is -0.481 e. The molecule has 0 aliphatic heterocycles. The lowest BCUT2D eigenvalue weighted by atomic mass is 10.2. The van der Waals surface area contributed by atoms with Crippen LogP contribution in [0.25, 0.3) is 0 Å². The lowest BCUT2D eigenvalue weighted by molar-refractivity contribution is -0.136. The molecule has 0 bridgehead atoms. The molecule has 0 aliphatic rings. The lowest BCUT2D eigenvalue weighted by Gasteiger charge is -2.06. The predicted molar refractivity (Wildman–Crippen MR) is 59.2 cm³/mol. The van der Waals surface area contributed by atoms with Crippen LogP contribution in [-0.2, 0) is 22.6 Å². The number of hydrogen-bond acceptors (Lipinski definition) is 4. The summed E-state index contributed by atoms with van der Waals surface area (Å²) in [6, 6.07) is 0. The third kappa shape index (κ3) is 5.10. The molecule has 0 saturated heterocycles. The molecular formula is C10H16N4O3. The Bertz CT molecular complexity index is 400. The number of carbonyl (C=O) groups excluding carboxylic acids is 1. The Morgan fingerprint density at radius 1 is 1.53 bits per heavy atom. The van der Waals surface area contributed by atoms with E-state index in [1.807, 2.05) is 13.8 Å². The highest BCUT2D eigenvalue weighted by molar-refractivity contribution is 5.75. The molecule has 0 atom stereocenters. The molecule has 0 radical (unpaired) electrons. The standard InChI is InChI=1S/C10H16N4O3/c1-7(2)4-11-9(15)6-14-5-8(12-13-14)3-10(16)17/h5,7H,3-4,6H2,1-2H3,(H,11,15)(H,16,17). The van der Waals surface area contributed by atoms with Crippen molar-refractivity contribution < 1.29 is 14.7 Å². The fourth-order valence-corrected chi connectivity index (χ4v) is 1.17. The Morgan fingerprint density at radius 2 is 2.24 bits per heavy atom. The Balaban J connectivity index is 2.43. The van der Waals surface area contributed by atoms with E-state index < -0.39 is 5.97 Å². The molecule has 7 nitrogen and oxygen atoms in total. The summed E-state index contributed by atoms with van der Waals surface area (Å²) in [7, 11) is 0. The van der Waals surface area contributed by atoms with Gasteiger partial charge in [0.2, 0.25) is 5.91 Å². The molecule has 0 fully saturated rings. The van der Waals surface area contributed by atoms with E-state index in [0.717, 1.165) is 0 Å². The summed E-state index contributed by atoms with van der Waals surface area (Å²) in [6.45, 7) is 4.66. The number of hydrogen-bond donors (Lipinski definition) is 2. The average Bonchev–Trinajstić information content (AvgIpc) is 2.61. The van der Waals surface area contributed by atoms with Crippen molar-refractivity contribution in [2.24, 2.45) is 5.92 Å². The zero-order valence-electron chi connectivity index (χ0n) is 9.88. The molecule has 0 unspecified atom stereocenters. The smallest absolute Gasteiger partial charge is 0.309 e. The zero-order valence-corrected chi connectivity index (χ0v) is 9.88. The van der Waals surface area contributed by atoms with Crippen LogP contribution in [0.15, 0.2) is 6.20 Å². The van der Waals surface area contributed by atoms with Crippen LogP contribution in [0.4, 0.5) is 0 Å². The van der Waals surface area contributed by atoms with Crippen molar-refractivity contribution in [3.8, 4) is 0 Å². The SMILES string of the molecule is CC(C)CNC(=O)Cn1cc(CC(=O)O)nn1. The average molecular weight is 240 g/mol. The molecule has 1 amide bonds. The van der Waals surface area contributed by atoms with E-state index in [9.17, 15) is 9.59 Å². The number of aliphatic carboxylic acids is 1. The fourth-order valence-electron chi connectivity index (χ4n) is 1.17. The number of rotatable bonds is 6. The maximum Gasteiger partial charge on any atom is 0.309 e. The fraction of sp³-hybridized carbons (Fsp3) is 0.600. The highest BCUT2D eigenvalue weighted by Gasteiger charge is 2.08.